The van der Waals surface area contributed by atoms with Crippen molar-refractivity contribution < 1.29 is 9.84 Å². The molecule has 0 radical (unpaired) electrons. The van der Waals surface area contributed by atoms with Crippen LogP contribution in [0.2, 0.25) is 0 Å². The summed E-state index contributed by atoms with van der Waals surface area (Å²) in [5, 5.41) is 18.9. The van der Waals surface area contributed by atoms with Crippen LogP contribution in [0.15, 0.2) is 24.3 Å². The lowest BCUT2D eigenvalue weighted by Crippen LogP contribution is -2.50. The number of hydrogen-bond acceptors (Lipinski definition) is 3. The van der Waals surface area contributed by atoms with Crippen LogP contribution in [0.3, 0.4) is 0 Å². The van der Waals surface area contributed by atoms with Gasteiger partial charge in [0.2, 0.25) is 0 Å². The molecule has 0 atom stereocenters. The Labute approximate surface area is 125 Å². The van der Waals surface area contributed by atoms with Gasteiger partial charge in [-0.2, -0.15) is 5.26 Å². The van der Waals surface area contributed by atoms with E-state index in [2.05, 4.69) is 30.3 Å². The van der Waals surface area contributed by atoms with Crippen LogP contribution in [0.1, 0.15) is 49.7 Å². The third-order valence-electron chi connectivity index (χ3n) is 6.04. The molecular formula is C18H21NO2. The molecular weight excluding hydrogens is 262 g/mol. The van der Waals surface area contributed by atoms with E-state index in [4.69, 9.17) is 4.74 Å². The highest BCUT2D eigenvalue weighted by Gasteiger charge is 2.50. The van der Waals surface area contributed by atoms with Gasteiger partial charge in [-0.15, -0.1) is 0 Å². The van der Waals surface area contributed by atoms with Gasteiger partial charge < -0.3 is 9.84 Å². The van der Waals surface area contributed by atoms with E-state index in [-0.39, 0.29) is 23.0 Å². The first-order valence-corrected chi connectivity index (χ1v) is 7.93. The molecule has 0 amide bonds. The molecule has 1 aromatic rings. The Morgan fingerprint density at radius 3 is 2.05 bits per heavy atom. The van der Waals surface area contributed by atoms with Crippen LogP contribution in [-0.4, -0.2) is 18.3 Å². The van der Waals surface area contributed by atoms with Crippen LogP contribution in [-0.2, 0) is 15.8 Å². The molecule has 2 heterocycles. The van der Waals surface area contributed by atoms with Gasteiger partial charge in [0, 0.05) is 5.41 Å². The molecule has 4 fully saturated rings. The summed E-state index contributed by atoms with van der Waals surface area (Å²) in [7, 11) is 0. The third-order valence-corrected chi connectivity index (χ3v) is 6.04. The number of nitrogens with zero attached hydrogens (tertiary/aromatic N) is 1. The van der Waals surface area contributed by atoms with Gasteiger partial charge >= 0.3 is 0 Å². The summed E-state index contributed by atoms with van der Waals surface area (Å²) in [6.45, 7) is 0.917. The number of aliphatic hydroxyl groups is 1. The van der Waals surface area contributed by atoms with Crippen molar-refractivity contribution in [2.45, 2.75) is 49.5 Å². The lowest BCUT2D eigenvalue weighted by Gasteiger charge is -2.52. The third kappa shape index (κ3) is 1.86. The van der Waals surface area contributed by atoms with Crippen molar-refractivity contribution in [3.63, 3.8) is 0 Å². The number of ether oxygens (including phenoxy) is 1. The molecule has 21 heavy (non-hydrogen) atoms. The fraction of sp³-hybridized carbons (Fsp3) is 0.611. The van der Waals surface area contributed by atoms with E-state index >= 15 is 0 Å². The minimum absolute atomic E-state index is 0.0145. The molecule has 5 rings (SSSR count). The maximum Gasteiger partial charge on any atom is 0.0932 e. The smallest absolute Gasteiger partial charge is 0.0932 e. The second-order valence-corrected chi connectivity index (χ2v) is 7.21. The molecule has 0 spiro atoms. The zero-order chi connectivity index (χ0) is 14.6. The fourth-order valence-corrected chi connectivity index (χ4v) is 4.02. The van der Waals surface area contributed by atoms with Gasteiger partial charge in [0.25, 0.3) is 0 Å². The van der Waals surface area contributed by atoms with Crippen LogP contribution in [0, 0.1) is 16.7 Å². The SMILES string of the molecule is N#CC1(c2ccc(C34CCC(CO)(CC3)CO4)cc2)CC1. The van der Waals surface area contributed by atoms with Crippen molar-refractivity contribution in [3.8, 4) is 6.07 Å². The summed E-state index contributed by atoms with van der Waals surface area (Å²) < 4.78 is 6.19. The van der Waals surface area contributed by atoms with Crippen molar-refractivity contribution >= 4 is 0 Å². The average Bonchev–Trinajstić information content (AvgIpc) is 3.38. The molecule has 1 aromatic carbocycles. The van der Waals surface area contributed by atoms with Gasteiger partial charge in [0.15, 0.2) is 0 Å². The molecule has 0 aromatic heterocycles. The molecule has 2 saturated carbocycles. The predicted octanol–water partition coefficient (Wildman–Crippen LogP) is 3.02. The predicted molar refractivity (Wildman–Crippen MR) is 78.6 cm³/mol. The second kappa shape index (κ2) is 4.32. The van der Waals surface area contributed by atoms with Crippen molar-refractivity contribution in [2.24, 2.45) is 5.41 Å². The van der Waals surface area contributed by atoms with Crippen LogP contribution < -0.4 is 0 Å². The van der Waals surface area contributed by atoms with Crippen LogP contribution in [0.4, 0.5) is 0 Å². The van der Waals surface area contributed by atoms with Gasteiger partial charge in [-0.25, -0.2) is 0 Å². The minimum Gasteiger partial charge on any atom is -0.396 e. The molecule has 3 nitrogen and oxygen atoms in total. The lowest BCUT2D eigenvalue weighted by molar-refractivity contribution is -0.199. The first kappa shape index (κ1) is 13.3. The van der Waals surface area contributed by atoms with Gasteiger partial charge in [0.1, 0.15) is 0 Å². The topological polar surface area (TPSA) is 53.2 Å². The quantitative estimate of drug-likeness (QED) is 0.927. The van der Waals surface area contributed by atoms with E-state index < -0.39 is 0 Å². The summed E-state index contributed by atoms with van der Waals surface area (Å²) in [4.78, 5) is 0. The van der Waals surface area contributed by atoms with Gasteiger partial charge in [-0.3, -0.25) is 0 Å². The Morgan fingerprint density at radius 1 is 1.00 bits per heavy atom. The Hall–Kier alpha value is -1.37. The van der Waals surface area contributed by atoms with E-state index in [0.717, 1.165) is 44.1 Å². The zero-order valence-corrected chi connectivity index (χ0v) is 12.3. The number of hydrogen-bond donors (Lipinski definition) is 1. The summed E-state index contributed by atoms with van der Waals surface area (Å²) in [6.07, 6.45) is 6.07. The van der Waals surface area contributed by atoms with E-state index in [1.165, 1.54) is 5.56 Å². The van der Waals surface area contributed by atoms with Crippen molar-refractivity contribution in [1.82, 2.24) is 0 Å². The highest BCUT2D eigenvalue weighted by molar-refractivity contribution is 5.41. The molecule has 4 aliphatic rings. The number of benzene rings is 1. The highest BCUT2D eigenvalue weighted by Crippen LogP contribution is 2.54. The van der Waals surface area contributed by atoms with E-state index in [1.54, 1.807) is 0 Å². The Balaban J connectivity index is 1.59. The molecule has 0 unspecified atom stereocenters. The number of nitriles is 1. The average molecular weight is 283 g/mol. The number of fused-ring (bicyclic) bond motifs is 3. The molecule has 2 aliphatic carbocycles. The van der Waals surface area contributed by atoms with E-state index in [1.807, 2.05) is 0 Å². The van der Waals surface area contributed by atoms with Crippen molar-refractivity contribution in [1.29, 1.82) is 5.26 Å². The van der Waals surface area contributed by atoms with Gasteiger partial charge in [-0.1, -0.05) is 24.3 Å². The molecule has 1 N–H and O–H groups in total. The largest absolute Gasteiger partial charge is 0.396 e. The number of aliphatic hydroxyl groups excluding tert-OH is 1. The fourth-order valence-electron chi connectivity index (χ4n) is 4.02. The normalized spacial score (nSPS) is 36.2. The maximum absolute atomic E-state index is 9.57. The van der Waals surface area contributed by atoms with Crippen LogP contribution in [0.5, 0.6) is 0 Å². The molecule has 2 aliphatic heterocycles. The Morgan fingerprint density at radius 2 is 1.62 bits per heavy atom. The maximum atomic E-state index is 9.57. The molecule has 3 heteroatoms. The minimum atomic E-state index is -0.206. The molecule has 2 saturated heterocycles. The first-order valence-electron chi connectivity index (χ1n) is 7.93. The first-order chi connectivity index (χ1) is 10.2. The van der Waals surface area contributed by atoms with Gasteiger partial charge in [-0.05, 0) is 49.7 Å². The van der Waals surface area contributed by atoms with E-state index in [0.29, 0.717) is 6.61 Å². The number of rotatable bonds is 3. The zero-order valence-electron chi connectivity index (χ0n) is 12.3. The Bertz CT molecular complexity index is 570. The standard InChI is InChI=1S/C18H21NO2/c19-11-17(7-8-17)14-1-3-15(4-2-14)18-9-5-16(12-20,6-10-18)13-21-18/h1-4,20H,5-10,12-13H2. The highest BCUT2D eigenvalue weighted by atomic mass is 16.5. The molecule has 2 bridgehead atoms. The summed E-state index contributed by atoms with van der Waals surface area (Å²) in [5.41, 5.74) is 2.05. The van der Waals surface area contributed by atoms with Crippen molar-refractivity contribution in [2.75, 3.05) is 13.2 Å². The Kier molecular flexibility index (Phi) is 2.73. The van der Waals surface area contributed by atoms with Crippen molar-refractivity contribution in [3.05, 3.63) is 35.4 Å². The monoisotopic (exact) mass is 283 g/mol. The molecule has 110 valence electrons. The van der Waals surface area contributed by atoms with Crippen LogP contribution in [0.25, 0.3) is 0 Å². The van der Waals surface area contributed by atoms with E-state index in [9.17, 15) is 10.4 Å². The second-order valence-electron chi connectivity index (χ2n) is 7.21. The summed E-state index contributed by atoms with van der Waals surface area (Å²) >= 11 is 0. The van der Waals surface area contributed by atoms with Crippen LogP contribution >= 0.6 is 0 Å². The summed E-state index contributed by atoms with van der Waals surface area (Å²) in [5.74, 6) is 0. The summed E-state index contributed by atoms with van der Waals surface area (Å²) in [6, 6.07) is 11.0. The van der Waals surface area contributed by atoms with Gasteiger partial charge in [0.05, 0.1) is 30.3 Å². The lowest BCUT2D eigenvalue weighted by atomic mass is 9.64.